The van der Waals surface area contributed by atoms with Crippen molar-refractivity contribution in [3.63, 3.8) is 0 Å². The Labute approximate surface area is 176 Å². The van der Waals surface area contributed by atoms with E-state index < -0.39 is 5.60 Å². The van der Waals surface area contributed by atoms with Gasteiger partial charge in [-0.05, 0) is 52.3 Å². The number of phenolic OH excluding ortho intramolecular Hbond substituents is 1. The number of hydrogen-bond acceptors (Lipinski definition) is 8. The molecule has 4 N–H and O–H groups in total. The van der Waals surface area contributed by atoms with Crippen LogP contribution in [-0.4, -0.2) is 49.0 Å². The van der Waals surface area contributed by atoms with Crippen LogP contribution >= 0.6 is 0 Å². The minimum absolute atomic E-state index is 0.171. The van der Waals surface area contributed by atoms with Gasteiger partial charge in [0.25, 0.3) is 0 Å². The topological polar surface area (TPSA) is 117 Å². The first-order valence-corrected chi connectivity index (χ1v) is 9.98. The molecule has 30 heavy (non-hydrogen) atoms. The van der Waals surface area contributed by atoms with Crippen LogP contribution in [0.1, 0.15) is 45.7 Å². The Balaban J connectivity index is 1.90. The third-order valence-corrected chi connectivity index (χ3v) is 4.73. The second-order valence-corrected chi connectivity index (χ2v) is 8.15. The highest BCUT2D eigenvalue weighted by Crippen LogP contribution is 2.27. The summed E-state index contributed by atoms with van der Waals surface area (Å²) in [6, 6.07) is 5.26. The largest absolute Gasteiger partial charge is 0.508 e. The summed E-state index contributed by atoms with van der Waals surface area (Å²) in [4.78, 5) is 13.7. The van der Waals surface area contributed by atoms with Gasteiger partial charge >= 0.3 is 0 Å². The zero-order valence-electron chi connectivity index (χ0n) is 18.1. The van der Waals surface area contributed by atoms with Crippen molar-refractivity contribution in [2.45, 2.75) is 52.3 Å². The SMILES string of the molecule is COc1ccc(O)c(CNc2nc(NCCC(C)(C)O)nc3c2ncn3C(C)C)c1. The van der Waals surface area contributed by atoms with E-state index in [-0.39, 0.29) is 11.8 Å². The normalized spacial score (nSPS) is 11.8. The van der Waals surface area contributed by atoms with Crippen molar-refractivity contribution in [1.82, 2.24) is 19.5 Å². The molecule has 9 nitrogen and oxygen atoms in total. The predicted octanol–water partition coefficient (Wildman–Crippen LogP) is 3.31. The Hall–Kier alpha value is -3.07. The molecule has 0 saturated carbocycles. The standard InChI is InChI=1S/C21H30N6O3/c1-13(2)27-12-24-17-18(23-11-14-10-15(30-5)6-7-16(14)28)25-20(26-19(17)27)22-9-8-21(3,4)29/h6-7,10,12-13,28-29H,8-9,11H2,1-5H3,(H2,22,23,25,26). The summed E-state index contributed by atoms with van der Waals surface area (Å²) in [6.07, 6.45) is 2.30. The van der Waals surface area contributed by atoms with Gasteiger partial charge in [-0.1, -0.05) is 0 Å². The van der Waals surface area contributed by atoms with E-state index in [2.05, 4.69) is 39.4 Å². The van der Waals surface area contributed by atoms with Crippen LogP contribution in [0, 0.1) is 0 Å². The lowest BCUT2D eigenvalue weighted by Gasteiger charge is -2.17. The van der Waals surface area contributed by atoms with E-state index >= 15 is 0 Å². The highest BCUT2D eigenvalue weighted by atomic mass is 16.5. The van der Waals surface area contributed by atoms with Gasteiger partial charge in [-0.15, -0.1) is 0 Å². The minimum atomic E-state index is -0.776. The Bertz CT molecular complexity index is 1010. The second kappa shape index (κ2) is 8.74. The first-order chi connectivity index (χ1) is 14.2. The Morgan fingerprint density at radius 3 is 2.63 bits per heavy atom. The predicted molar refractivity (Wildman–Crippen MR) is 117 cm³/mol. The zero-order valence-corrected chi connectivity index (χ0v) is 18.1. The van der Waals surface area contributed by atoms with E-state index in [4.69, 9.17) is 4.74 Å². The van der Waals surface area contributed by atoms with Crippen molar-refractivity contribution in [3.05, 3.63) is 30.1 Å². The summed E-state index contributed by atoms with van der Waals surface area (Å²) in [5.41, 5.74) is 1.27. The van der Waals surface area contributed by atoms with Crippen LogP contribution in [0.25, 0.3) is 11.2 Å². The van der Waals surface area contributed by atoms with Crippen molar-refractivity contribution in [3.8, 4) is 11.5 Å². The molecular weight excluding hydrogens is 384 g/mol. The molecule has 0 unspecified atom stereocenters. The first-order valence-electron chi connectivity index (χ1n) is 9.98. The number of aliphatic hydroxyl groups is 1. The third-order valence-electron chi connectivity index (χ3n) is 4.73. The number of fused-ring (bicyclic) bond motifs is 1. The van der Waals surface area contributed by atoms with Gasteiger partial charge in [0.2, 0.25) is 5.95 Å². The maximum absolute atomic E-state index is 10.2. The van der Waals surface area contributed by atoms with Crippen LogP contribution in [0.3, 0.4) is 0 Å². The number of nitrogens with one attached hydrogen (secondary N) is 2. The highest BCUT2D eigenvalue weighted by molar-refractivity contribution is 5.84. The number of imidazole rings is 1. The van der Waals surface area contributed by atoms with Gasteiger partial charge in [0.05, 0.1) is 19.0 Å². The molecule has 2 heterocycles. The molecule has 0 saturated heterocycles. The van der Waals surface area contributed by atoms with E-state index in [1.165, 1.54) is 0 Å². The lowest BCUT2D eigenvalue weighted by molar-refractivity contribution is 0.0748. The second-order valence-electron chi connectivity index (χ2n) is 8.15. The molecule has 0 aliphatic carbocycles. The number of methoxy groups -OCH3 is 1. The molecule has 3 aromatic rings. The van der Waals surface area contributed by atoms with Crippen LogP contribution in [-0.2, 0) is 6.54 Å². The average molecular weight is 415 g/mol. The number of aromatic nitrogens is 4. The lowest BCUT2D eigenvalue weighted by atomic mass is 10.1. The van der Waals surface area contributed by atoms with Gasteiger partial charge in [0.15, 0.2) is 17.0 Å². The monoisotopic (exact) mass is 414 g/mol. The van der Waals surface area contributed by atoms with Gasteiger partial charge in [0, 0.05) is 24.7 Å². The van der Waals surface area contributed by atoms with Gasteiger partial charge in [-0.3, -0.25) is 0 Å². The van der Waals surface area contributed by atoms with E-state index in [0.29, 0.717) is 53.8 Å². The molecule has 0 radical (unpaired) electrons. The van der Waals surface area contributed by atoms with Crippen LogP contribution < -0.4 is 15.4 Å². The summed E-state index contributed by atoms with van der Waals surface area (Å²) < 4.78 is 7.22. The summed E-state index contributed by atoms with van der Waals surface area (Å²) in [7, 11) is 1.59. The number of anilines is 2. The van der Waals surface area contributed by atoms with Crippen LogP contribution in [0.15, 0.2) is 24.5 Å². The third kappa shape index (κ3) is 5.10. The van der Waals surface area contributed by atoms with Crippen LogP contribution in [0.2, 0.25) is 0 Å². The summed E-state index contributed by atoms with van der Waals surface area (Å²) >= 11 is 0. The Kier molecular flexibility index (Phi) is 6.31. The summed E-state index contributed by atoms with van der Waals surface area (Å²) in [5, 5.41) is 26.6. The van der Waals surface area contributed by atoms with Gasteiger partial charge in [-0.2, -0.15) is 9.97 Å². The number of rotatable bonds is 9. The molecule has 0 amide bonds. The average Bonchev–Trinajstić information content (AvgIpc) is 3.10. The van der Waals surface area contributed by atoms with Crippen molar-refractivity contribution in [2.75, 3.05) is 24.3 Å². The van der Waals surface area contributed by atoms with Gasteiger partial charge < -0.3 is 30.2 Å². The summed E-state index contributed by atoms with van der Waals surface area (Å²) in [6.45, 7) is 8.52. The molecule has 0 aliphatic heterocycles. The quantitative estimate of drug-likeness (QED) is 0.421. The molecular formula is C21H30N6O3. The molecule has 3 rings (SSSR count). The molecule has 2 aromatic heterocycles. The van der Waals surface area contributed by atoms with E-state index in [1.54, 1.807) is 45.5 Å². The maximum atomic E-state index is 10.2. The van der Waals surface area contributed by atoms with Gasteiger partial charge in [-0.25, -0.2) is 4.98 Å². The molecule has 0 atom stereocenters. The van der Waals surface area contributed by atoms with Crippen molar-refractivity contribution in [1.29, 1.82) is 0 Å². The fourth-order valence-electron chi connectivity index (χ4n) is 2.99. The van der Waals surface area contributed by atoms with E-state index in [0.717, 1.165) is 0 Å². The van der Waals surface area contributed by atoms with Crippen LogP contribution in [0.4, 0.5) is 11.8 Å². The lowest BCUT2D eigenvalue weighted by Crippen LogP contribution is -2.23. The molecule has 0 bridgehead atoms. The number of hydrogen-bond donors (Lipinski definition) is 4. The number of aromatic hydroxyl groups is 1. The van der Waals surface area contributed by atoms with Crippen molar-refractivity contribution in [2.24, 2.45) is 0 Å². The van der Waals surface area contributed by atoms with Crippen molar-refractivity contribution >= 4 is 22.9 Å². The van der Waals surface area contributed by atoms with Crippen molar-refractivity contribution < 1.29 is 14.9 Å². The minimum Gasteiger partial charge on any atom is -0.508 e. The fourth-order valence-corrected chi connectivity index (χ4v) is 2.99. The van der Waals surface area contributed by atoms with E-state index in [1.807, 2.05) is 4.57 Å². The first kappa shape index (κ1) is 21.6. The molecule has 1 aromatic carbocycles. The summed E-state index contributed by atoms with van der Waals surface area (Å²) in [5.74, 6) is 1.85. The number of nitrogens with zero attached hydrogens (tertiary/aromatic N) is 4. The molecule has 0 fully saturated rings. The Morgan fingerprint density at radius 2 is 1.97 bits per heavy atom. The molecule has 162 valence electrons. The number of phenols is 1. The molecule has 9 heteroatoms. The van der Waals surface area contributed by atoms with E-state index in [9.17, 15) is 10.2 Å². The molecule has 0 aliphatic rings. The number of ether oxygens (including phenoxy) is 1. The zero-order chi connectivity index (χ0) is 21.9. The maximum Gasteiger partial charge on any atom is 0.226 e. The van der Waals surface area contributed by atoms with Crippen LogP contribution in [0.5, 0.6) is 11.5 Å². The Morgan fingerprint density at radius 1 is 1.20 bits per heavy atom. The smallest absolute Gasteiger partial charge is 0.226 e. The number of benzene rings is 1. The highest BCUT2D eigenvalue weighted by Gasteiger charge is 2.17. The van der Waals surface area contributed by atoms with Gasteiger partial charge in [0.1, 0.15) is 11.5 Å². The molecule has 0 spiro atoms. The fraction of sp³-hybridized carbons (Fsp3) is 0.476.